The second kappa shape index (κ2) is 6.09. The second-order valence-corrected chi connectivity index (χ2v) is 7.23. The lowest BCUT2D eigenvalue weighted by Gasteiger charge is -2.03. The molecular weight excluding hydrogens is 368 g/mol. The van der Waals surface area contributed by atoms with Crippen molar-refractivity contribution >= 4 is 50.2 Å². The fourth-order valence-corrected chi connectivity index (χ4v) is 3.86. The Kier molecular flexibility index (Phi) is 4.19. The van der Waals surface area contributed by atoms with Crippen molar-refractivity contribution in [3.63, 3.8) is 0 Å². The third kappa shape index (κ3) is 3.23. The van der Waals surface area contributed by atoms with E-state index in [1.54, 1.807) is 11.3 Å². The van der Waals surface area contributed by atoms with Crippen LogP contribution in [0.25, 0.3) is 9.88 Å². The van der Waals surface area contributed by atoms with E-state index in [0.717, 1.165) is 25.7 Å². The van der Waals surface area contributed by atoms with E-state index in [9.17, 15) is 4.79 Å². The molecule has 0 bridgehead atoms. The maximum atomic E-state index is 12.4. The van der Waals surface area contributed by atoms with Crippen LogP contribution in [-0.2, 0) is 0 Å². The molecule has 0 saturated carbocycles. The Morgan fingerprint density at radius 3 is 2.67 bits per heavy atom. The Bertz CT molecular complexity index is 764. The smallest absolute Gasteiger partial charge is 0.267 e. The molecule has 0 unspecified atom stereocenters. The first kappa shape index (κ1) is 14.4. The molecule has 6 heteroatoms. The normalized spacial score (nSPS) is 10.6. The largest absolute Gasteiger partial charge is 0.321 e. The highest BCUT2D eigenvalue weighted by atomic mass is 79.9. The molecule has 0 spiro atoms. The molecule has 1 aromatic carbocycles. The number of thiazole rings is 1. The third-order valence-corrected chi connectivity index (χ3v) is 5.56. The zero-order valence-electron chi connectivity index (χ0n) is 11.1. The zero-order valence-corrected chi connectivity index (χ0v) is 14.3. The van der Waals surface area contributed by atoms with E-state index in [1.165, 1.54) is 11.3 Å². The Labute approximate surface area is 138 Å². The fourth-order valence-electron chi connectivity index (χ4n) is 1.83. The van der Waals surface area contributed by atoms with E-state index < -0.39 is 0 Å². The van der Waals surface area contributed by atoms with Crippen LogP contribution in [0, 0.1) is 6.92 Å². The van der Waals surface area contributed by atoms with Crippen molar-refractivity contribution in [3.8, 4) is 9.88 Å². The van der Waals surface area contributed by atoms with Crippen LogP contribution in [0.3, 0.4) is 0 Å². The molecule has 2 aromatic heterocycles. The Morgan fingerprint density at radius 1 is 1.24 bits per heavy atom. The van der Waals surface area contributed by atoms with Crippen molar-refractivity contribution in [3.05, 3.63) is 56.8 Å². The van der Waals surface area contributed by atoms with Crippen molar-refractivity contribution in [2.75, 3.05) is 5.32 Å². The molecule has 0 atom stereocenters. The van der Waals surface area contributed by atoms with Gasteiger partial charge in [-0.3, -0.25) is 4.79 Å². The standard InChI is InChI=1S/C15H11BrN2OS2/c1-9-13(21-15(17-9)12-3-2-8-20-12)14(19)18-11-6-4-10(16)5-7-11/h2-8H,1H3,(H,18,19). The van der Waals surface area contributed by atoms with Gasteiger partial charge >= 0.3 is 0 Å². The molecule has 106 valence electrons. The number of nitrogens with one attached hydrogen (secondary N) is 1. The van der Waals surface area contributed by atoms with Crippen molar-refractivity contribution in [2.45, 2.75) is 6.92 Å². The van der Waals surface area contributed by atoms with Gasteiger partial charge in [-0.05, 0) is 42.6 Å². The van der Waals surface area contributed by atoms with Crippen LogP contribution in [0.5, 0.6) is 0 Å². The van der Waals surface area contributed by atoms with Crippen LogP contribution in [0.15, 0.2) is 46.3 Å². The van der Waals surface area contributed by atoms with E-state index >= 15 is 0 Å². The lowest BCUT2D eigenvalue weighted by Crippen LogP contribution is -2.11. The number of amides is 1. The minimum absolute atomic E-state index is 0.116. The quantitative estimate of drug-likeness (QED) is 0.680. The molecule has 3 nitrogen and oxygen atoms in total. The van der Waals surface area contributed by atoms with Crippen molar-refractivity contribution in [1.82, 2.24) is 4.98 Å². The zero-order chi connectivity index (χ0) is 14.8. The summed E-state index contributed by atoms with van der Waals surface area (Å²) < 4.78 is 0.981. The van der Waals surface area contributed by atoms with Gasteiger partial charge in [0.2, 0.25) is 0 Å². The topological polar surface area (TPSA) is 42.0 Å². The second-order valence-electron chi connectivity index (χ2n) is 4.37. The van der Waals surface area contributed by atoms with Gasteiger partial charge in [0.25, 0.3) is 5.91 Å². The van der Waals surface area contributed by atoms with Crippen LogP contribution in [0.2, 0.25) is 0 Å². The number of hydrogen-bond donors (Lipinski definition) is 1. The summed E-state index contributed by atoms with van der Waals surface area (Å²) in [5, 5.41) is 5.80. The van der Waals surface area contributed by atoms with Gasteiger partial charge in [0.15, 0.2) is 0 Å². The monoisotopic (exact) mass is 378 g/mol. The van der Waals surface area contributed by atoms with Crippen molar-refractivity contribution < 1.29 is 4.79 Å². The molecule has 0 aliphatic carbocycles. The highest BCUT2D eigenvalue weighted by Crippen LogP contribution is 2.31. The highest BCUT2D eigenvalue weighted by Gasteiger charge is 2.16. The molecule has 3 aromatic rings. The first-order chi connectivity index (χ1) is 10.1. The first-order valence-electron chi connectivity index (χ1n) is 6.22. The number of nitrogens with zero attached hydrogens (tertiary/aromatic N) is 1. The number of benzene rings is 1. The molecule has 1 amide bonds. The van der Waals surface area contributed by atoms with E-state index in [1.807, 2.05) is 48.7 Å². The summed E-state index contributed by atoms with van der Waals surface area (Å²) in [6.07, 6.45) is 0. The van der Waals surface area contributed by atoms with Gasteiger partial charge in [0.05, 0.1) is 10.6 Å². The molecule has 3 rings (SSSR count). The molecule has 21 heavy (non-hydrogen) atoms. The van der Waals surface area contributed by atoms with Gasteiger partial charge < -0.3 is 5.32 Å². The molecule has 0 saturated heterocycles. The van der Waals surface area contributed by atoms with E-state index in [4.69, 9.17) is 0 Å². The van der Waals surface area contributed by atoms with Crippen LogP contribution in [-0.4, -0.2) is 10.9 Å². The number of carbonyl (C=O) groups is 1. The van der Waals surface area contributed by atoms with Crippen LogP contribution < -0.4 is 5.32 Å². The van der Waals surface area contributed by atoms with Gasteiger partial charge in [-0.25, -0.2) is 4.98 Å². The maximum absolute atomic E-state index is 12.4. The predicted octanol–water partition coefficient (Wildman–Crippen LogP) is 5.19. The minimum atomic E-state index is -0.116. The Balaban J connectivity index is 1.83. The van der Waals surface area contributed by atoms with E-state index in [-0.39, 0.29) is 5.91 Å². The number of anilines is 1. The van der Waals surface area contributed by atoms with Crippen molar-refractivity contribution in [1.29, 1.82) is 0 Å². The molecular formula is C15H11BrN2OS2. The predicted molar refractivity (Wildman–Crippen MR) is 92.3 cm³/mol. The van der Waals surface area contributed by atoms with Gasteiger partial charge in [0.1, 0.15) is 9.88 Å². The van der Waals surface area contributed by atoms with Gasteiger partial charge in [0, 0.05) is 10.2 Å². The Hall–Kier alpha value is -1.50. The van der Waals surface area contributed by atoms with Crippen LogP contribution >= 0.6 is 38.6 Å². The SMILES string of the molecule is Cc1nc(-c2cccs2)sc1C(=O)Nc1ccc(Br)cc1. The summed E-state index contributed by atoms with van der Waals surface area (Å²) >= 11 is 6.43. The molecule has 0 fully saturated rings. The maximum Gasteiger partial charge on any atom is 0.267 e. The lowest BCUT2D eigenvalue weighted by atomic mass is 10.3. The minimum Gasteiger partial charge on any atom is -0.321 e. The first-order valence-corrected chi connectivity index (χ1v) is 8.70. The number of thiophene rings is 1. The lowest BCUT2D eigenvalue weighted by molar-refractivity contribution is 0.103. The van der Waals surface area contributed by atoms with Gasteiger partial charge in [-0.1, -0.05) is 22.0 Å². The summed E-state index contributed by atoms with van der Waals surface area (Å²) in [5.74, 6) is -0.116. The van der Waals surface area contributed by atoms with Crippen LogP contribution in [0.4, 0.5) is 5.69 Å². The summed E-state index contributed by atoms with van der Waals surface area (Å²) in [6.45, 7) is 1.87. The number of carbonyl (C=O) groups excluding carboxylic acids is 1. The average molecular weight is 379 g/mol. The van der Waals surface area contributed by atoms with E-state index in [0.29, 0.717) is 4.88 Å². The van der Waals surface area contributed by atoms with Crippen LogP contribution in [0.1, 0.15) is 15.4 Å². The highest BCUT2D eigenvalue weighted by molar-refractivity contribution is 9.10. The summed E-state index contributed by atoms with van der Waals surface area (Å²) in [5.41, 5.74) is 1.53. The van der Waals surface area contributed by atoms with Crippen molar-refractivity contribution in [2.24, 2.45) is 0 Å². The number of aryl methyl sites for hydroxylation is 1. The molecule has 1 N–H and O–H groups in total. The average Bonchev–Trinajstić information content (AvgIpc) is 3.10. The van der Waals surface area contributed by atoms with E-state index in [2.05, 4.69) is 26.2 Å². The number of rotatable bonds is 3. The molecule has 0 aliphatic heterocycles. The van der Waals surface area contributed by atoms with Gasteiger partial charge in [-0.15, -0.1) is 22.7 Å². The molecule has 0 aliphatic rings. The Morgan fingerprint density at radius 2 is 2.00 bits per heavy atom. The summed E-state index contributed by atoms with van der Waals surface area (Å²) in [6, 6.07) is 11.5. The third-order valence-electron chi connectivity index (χ3n) is 2.84. The molecule has 0 radical (unpaired) electrons. The molecule has 2 heterocycles. The summed E-state index contributed by atoms with van der Waals surface area (Å²) in [7, 11) is 0. The number of hydrogen-bond acceptors (Lipinski definition) is 4. The fraction of sp³-hybridized carbons (Fsp3) is 0.0667. The van der Waals surface area contributed by atoms with Gasteiger partial charge in [-0.2, -0.15) is 0 Å². The summed E-state index contributed by atoms with van der Waals surface area (Å²) in [4.78, 5) is 18.6. The number of halogens is 1. The number of aromatic nitrogens is 1.